The van der Waals surface area contributed by atoms with Crippen LogP contribution in [-0.4, -0.2) is 49.5 Å². The summed E-state index contributed by atoms with van der Waals surface area (Å²) >= 11 is 0. The summed E-state index contributed by atoms with van der Waals surface area (Å²) in [7, 11) is 0. The van der Waals surface area contributed by atoms with Crippen molar-refractivity contribution in [3.63, 3.8) is 0 Å². The molecule has 0 aromatic heterocycles. The molecule has 0 bridgehead atoms. The maximum atomic E-state index is 11.4. The highest BCUT2D eigenvalue weighted by atomic mass is 16.5. The van der Waals surface area contributed by atoms with E-state index in [1.54, 1.807) is 13.0 Å². The lowest BCUT2D eigenvalue weighted by Crippen LogP contribution is -2.48. The third-order valence-electron chi connectivity index (χ3n) is 3.83. The van der Waals surface area contributed by atoms with Crippen LogP contribution in [0.5, 0.6) is 5.75 Å². The molecule has 0 spiro atoms. The van der Waals surface area contributed by atoms with Gasteiger partial charge in [0.1, 0.15) is 5.75 Å². The summed E-state index contributed by atoms with van der Waals surface area (Å²) in [6.07, 6.45) is 0. The molecule has 2 aliphatic heterocycles. The Balaban J connectivity index is 1.81. The Labute approximate surface area is 122 Å². The Morgan fingerprint density at radius 2 is 2.00 bits per heavy atom. The molecular formula is C14H18N4O3. The van der Waals surface area contributed by atoms with Gasteiger partial charge in [-0.3, -0.25) is 9.59 Å². The van der Waals surface area contributed by atoms with Gasteiger partial charge in [-0.05, 0) is 6.07 Å². The Morgan fingerprint density at radius 1 is 1.29 bits per heavy atom. The van der Waals surface area contributed by atoms with Crippen molar-refractivity contribution in [2.75, 3.05) is 48.7 Å². The molecule has 2 amide bonds. The van der Waals surface area contributed by atoms with Crippen LogP contribution in [0.3, 0.4) is 0 Å². The second kappa shape index (κ2) is 5.16. The fourth-order valence-electron chi connectivity index (χ4n) is 2.67. The molecule has 112 valence electrons. The van der Waals surface area contributed by atoms with E-state index in [0.717, 1.165) is 18.8 Å². The van der Waals surface area contributed by atoms with Crippen molar-refractivity contribution in [1.29, 1.82) is 0 Å². The number of piperazine rings is 1. The van der Waals surface area contributed by atoms with Crippen LogP contribution in [-0.2, 0) is 9.59 Å². The lowest BCUT2D eigenvalue weighted by Gasteiger charge is -2.36. The SMILES string of the molecule is CC(=O)N1CCN(c2cc3c(cc2N)OCC(=O)N3)CC1. The summed E-state index contributed by atoms with van der Waals surface area (Å²) in [6.45, 7) is 4.39. The number of carbonyl (C=O) groups is 2. The number of nitrogens with one attached hydrogen (secondary N) is 1. The Kier molecular flexibility index (Phi) is 3.32. The van der Waals surface area contributed by atoms with Gasteiger partial charge in [-0.2, -0.15) is 0 Å². The van der Waals surface area contributed by atoms with E-state index < -0.39 is 0 Å². The molecule has 1 saturated heterocycles. The number of nitrogen functional groups attached to an aromatic ring is 1. The molecule has 0 saturated carbocycles. The van der Waals surface area contributed by atoms with Gasteiger partial charge in [0.15, 0.2) is 6.61 Å². The average Bonchev–Trinajstić information content (AvgIpc) is 2.47. The van der Waals surface area contributed by atoms with Crippen molar-refractivity contribution in [1.82, 2.24) is 4.90 Å². The molecule has 0 aliphatic carbocycles. The quantitative estimate of drug-likeness (QED) is 0.725. The minimum absolute atomic E-state index is 0.0169. The van der Waals surface area contributed by atoms with Gasteiger partial charge in [-0.15, -0.1) is 0 Å². The molecule has 2 aliphatic rings. The van der Waals surface area contributed by atoms with E-state index in [2.05, 4.69) is 10.2 Å². The average molecular weight is 290 g/mol. The number of amides is 2. The number of anilines is 3. The van der Waals surface area contributed by atoms with Gasteiger partial charge in [-0.1, -0.05) is 0 Å². The van der Waals surface area contributed by atoms with Crippen molar-refractivity contribution in [3.8, 4) is 5.75 Å². The molecule has 7 heteroatoms. The van der Waals surface area contributed by atoms with Gasteiger partial charge in [0.25, 0.3) is 5.91 Å². The van der Waals surface area contributed by atoms with E-state index >= 15 is 0 Å². The third kappa shape index (κ3) is 2.58. The van der Waals surface area contributed by atoms with Crippen molar-refractivity contribution in [2.24, 2.45) is 0 Å². The zero-order valence-electron chi connectivity index (χ0n) is 11.9. The summed E-state index contributed by atoms with van der Waals surface area (Å²) < 4.78 is 5.34. The van der Waals surface area contributed by atoms with Gasteiger partial charge < -0.3 is 25.6 Å². The molecule has 21 heavy (non-hydrogen) atoms. The first kappa shape index (κ1) is 13.5. The summed E-state index contributed by atoms with van der Waals surface area (Å²) in [4.78, 5) is 26.7. The number of fused-ring (bicyclic) bond motifs is 1. The first-order valence-electron chi connectivity index (χ1n) is 6.91. The molecule has 3 rings (SSSR count). The fraction of sp³-hybridized carbons (Fsp3) is 0.429. The number of nitrogens with zero attached hydrogens (tertiary/aromatic N) is 2. The molecule has 2 heterocycles. The molecule has 0 unspecified atom stereocenters. The number of ether oxygens (including phenoxy) is 1. The van der Waals surface area contributed by atoms with Crippen LogP contribution in [0.2, 0.25) is 0 Å². The number of carbonyl (C=O) groups excluding carboxylic acids is 2. The van der Waals surface area contributed by atoms with E-state index in [0.29, 0.717) is 30.2 Å². The van der Waals surface area contributed by atoms with Crippen LogP contribution in [0.25, 0.3) is 0 Å². The third-order valence-corrected chi connectivity index (χ3v) is 3.83. The Morgan fingerprint density at radius 3 is 2.67 bits per heavy atom. The van der Waals surface area contributed by atoms with Gasteiger partial charge in [0.2, 0.25) is 5.91 Å². The number of benzene rings is 1. The molecule has 3 N–H and O–H groups in total. The minimum atomic E-state index is -0.167. The van der Waals surface area contributed by atoms with Crippen LogP contribution in [0.15, 0.2) is 12.1 Å². The first-order chi connectivity index (χ1) is 10.0. The normalized spacial score (nSPS) is 17.9. The van der Waals surface area contributed by atoms with Crippen molar-refractivity contribution < 1.29 is 14.3 Å². The molecule has 0 radical (unpaired) electrons. The molecule has 7 nitrogen and oxygen atoms in total. The fourth-order valence-corrected chi connectivity index (χ4v) is 2.67. The zero-order chi connectivity index (χ0) is 15.0. The van der Waals surface area contributed by atoms with E-state index in [9.17, 15) is 9.59 Å². The second-order valence-corrected chi connectivity index (χ2v) is 5.24. The molecular weight excluding hydrogens is 272 g/mol. The summed E-state index contributed by atoms with van der Waals surface area (Å²) in [5.41, 5.74) is 8.21. The predicted molar refractivity (Wildman–Crippen MR) is 79.4 cm³/mol. The number of hydrogen-bond acceptors (Lipinski definition) is 5. The van der Waals surface area contributed by atoms with Crippen LogP contribution in [0.1, 0.15) is 6.92 Å². The van der Waals surface area contributed by atoms with E-state index in [1.165, 1.54) is 0 Å². The first-order valence-corrected chi connectivity index (χ1v) is 6.91. The van der Waals surface area contributed by atoms with Crippen molar-refractivity contribution in [3.05, 3.63) is 12.1 Å². The number of hydrogen-bond donors (Lipinski definition) is 2. The summed E-state index contributed by atoms with van der Waals surface area (Å²) in [5, 5.41) is 2.78. The monoisotopic (exact) mass is 290 g/mol. The highest BCUT2D eigenvalue weighted by Crippen LogP contribution is 2.37. The number of nitrogens with two attached hydrogens (primary N) is 1. The summed E-state index contributed by atoms with van der Waals surface area (Å²) in [6, 6.07) is 3.58. The van der Waals surface area contributed by atoms with Crippen LogP contribution in [0.4, 0.5) is 17.1 Å². The smallest absolute Gasteiger partial charge is 0.262 e. The maximum absolute atomic E-state index is 11.4. The van der Waals surface area contributed by atoms with Crippen LogP contribution < -0.4 is 20.7 Å². The standard InChI is InChI=1S/C14H18N4O3/c1-9(19)17-2-4-18(5-3-17)12-7-11-13(6-10(12)15)21-8-14(20)16-11/h6-7H,2-5,8,15H2,1H3,(H,16,20). The van der Waals surface area contributed by atoms with E-state index in [4.69, 9.17) is 10.5 Å². The summed E-state index contributed by atoms with van der Waals surface area (Å²) in [5.74, 6) is 0.520. The predicted octanol–water partition coefficient (Wildman–Crippen LogP) is 0.268. The minimum Gasteiger partial charge on any atom is -0.482 e. The molecule has 1 fully saturated rings. The van der Waals surface area contributed by atoms with Gasteiger partial charge in [0.05, 0.1) is 17.1 Å². The molecule has 0 atom stereocenters. The molecule has 1 aromatic rings. The van der Waals surface area contributed by atoms with E-state index in [-0.39, 0.29) is 18.4 Å². The van der Waals surface area contributed by atoms with Gasteiger partial charge in [-0.25, -0.2) is 0 Å². The van der Waals surface area contributed by atoms with Crippen LogP contribution >= 0.6 is 0 Å². The Hall–Kier alpha value is -2.44. The van der Waals surface area contributed by atoms with Gasteiger partial charge in [0, 0.05) is 39.2 Å². The van der Waals surface area contributed by atoms with Crippen molar-refractivity contribution >= 4 is 28.9 Å². The second-order valence-electron chi connectivity index (χ2n) is 5.24. The highest BCUT2D eigenvalue weighted by Gasteiger charge is 2.23. The highest BCUT2D eigenvalue weighted by molar-refractivity contribution is 5.97. The maximum Gasteiger partial charge on any atom is 0.262 e. The Bertz CT molecular complexity index is 594. The largest absolute Gasteiger partial charge is 0.482 e. The number of rotatable bonds is 1. The zero-order valence-corrected chi connectivity index (χ0v) is 11.9. The topological polar surface area (TPSA) is 87.9 Å². The van der Waals surface area contributed by atoms with Crippen LogP contribution in [0, 0.1) is 0 Å². The van der Waals surface area contributed by atoms with Crippen molar-refractivity contribution in [2.45, 2.75) is 6.92 Å². The van der Waals surface area contributed by atoms with Gasteiger partial charge >= 0.3 is 0 Å². The molecule has 1 aromatic carbocycles. The lowest BCUT2D eigenvalue weighted by molar-refractivity contribution is -0.129. The lowest BCUT2D eigenvalue weighted by atomic mass is 10.1. The van der Waals surface area contributed by atoms with E-state index in [1.807, 2.05) is 11.0 Å².